The molecule has 8 heteroatoms. The fourth-order valence-corrected chi connectivity index (χ4v) is 1.94. The molecule has 0 aromatic heterocycles. The summed E-state index contributed by atoms with van der Waals surface area (Å²) < 4.78 is 32.5. The molecule has 0 radical (unpaired) electrons. The van der Waals surface area contributed by atoms with E-state index in [0.29, 0.717) is 10.8 Å². The maximum atomic E-state index is 10.6. The largest absolute Gasteiger partial charge is 0.490 e. The van der Waals surface area contributed by atoms with Gasteiger partial charge < -0.3 is 9.47 Å². The van der Waals surface area contributed by atoms with E-state index in [2.05, 4.69) is 15.9 Å². The van der Waals surface area contributed by atoms with Gasteiger partial charge in [0.1, 0.15) is 12.4 Å². The van der Waals surface area contributed by atoms with E-state index < -0.39 is 10.0 Å². The Kier molecular flexibility index (Phi) is 6.37. The molecule has 0 bridgehead atoms. The zero-order valence-corrected chi connectivity index (χ0v) is 12.6. The first kappa shape index (κ1) is 15.7. The number of hydrogen-bond donors (Lipinski definition) is 1. The summed E-state index contributed by atoms with van der Waals surface area (Å²) in [6, 6.07) is 5.26. The number of ether oxygens (including phenoxy) is 2. The second-order valence-electron chi connectivity index (χ2n) is 3.40. The van der Waals surface area contributed by atoms with Crippen LogP contribution in [0.3, 0.4) is 0 Å². The Bertz CT molecular complexity index is 495. The second kappa shape index (κ2) is 7.30. The summed E-state index contributed by atoms with van der Waals surface area (Å²) in [5.74, 6) is 0.339. The van der Waals surface area contributed by atoms with Crippen molar-refractivity contribution < 1.29 is 17.9 Å². The molecule has 0 aliphatic heterocycles. The lowest BCUT2D eigenvalue weighted by atomic mass is 10.3. The van der Waals surface area contributed by atoms with Gasteiger partial charge in [-0.1, -0.05) is 27.5 Å². The average molecular weight is 359 g/mol. The van der Waals surface area contributed by atoms with Crippen molar-refractivity contribution in [3.05, 3.63) is 27.7 Å². The van der Waals surface area contributed by atoms with Crippen LogP contribution in [0.1, 0.15) is 0 Å². The van der Waals surface area contributed by atoms with Gasteiger partial charge in [0.2, 0.25) is 10.0 Å². The molecule has 1 aromatic carbocycles. The van der Waals surface area contributed by atoms with Crippen molar-refractivity contribution in [2.24, 2.45) is 5.14 Å². The van der Waals surface area contributed by atoms with Gasteiger partial charge in [0.25, 0.3) is 0 Å². The van der Waals surface area contributed by atoms with Gasteiger partial charge in [0.05, 0.1) is 24.0 Å². The predicted octanol–water partition coefficient (Wildman–Crippen LogP) is 1.79. The molecular weight excluding hydrogens is 346 g/mol. The van der Waals surface area contributed by atoms with Crippen LogP contribution in [-0.2, 0) is 14.8 Å². The molecule has 1 rings (SSSR count). The van der Waals surface area contributed by atoms with E-state index in [9.17, 15) is 8.42 Å². The highest BCUT2D eigenvalue weighted by molar-refractivity contribution is 9.10. The summed E-state index contributed by atoms with van der Waals surface area (Å²) in [5, 5.41) is 5.32. The van der Waals surface area contributed by atoms with Crippen molar-refractivity contribution in [3.63, 3.8) is 0 Å². The van der Waals surface area contributed by atoms with Crippen LogP contribution in [0.25, 0.3) is 0 Å². The molecule has 0 amide bonds. The van der Waals surface area contributed by atoms with Crippen LogP contribution < -0.4 is 9.88 Å². The van der Waals surface area contributed by atoms with Gasteiger partial charge in [-0.2, -0.15) is 0 Å². The molecule has 0 saturated heterocycles. The first-order valence-electron chi connectivity index (χ1n) is 5.04. The highest BCUT2D eigenvalue weighted by atomic mass is 79.9. The van der Waals surface area contributed by atoms with E-state index in [0.717, 1.165) is 4.47 Å². The number of hydrogen-bond acceptors (Lipinski definition) is 4. The van der Waals surface area contributed by atoms with Crippen molar-refractivity contribution >= 4 is 37.6 Å². The van der Waals surface area contributed by atoms with Crippen molar-refractivity contribution in [1.82, 2.24) is 0 Å². The van der Waals surface area contributed by atoms with Gasteiger partial charge in [-0.05, 0) is 18.2 Å². The minimum absolute atomic E-state index is 0.0500. The summed E-state index contributed by atoms with van der Waals surface area (Å²) in [6.45, 7) is 0.591. The Morgan fingerprint density at radius 2 is 2.00 bits per heavy atom. The first-order chi connectivity index (χ1) is 8.38. The van der Waals surface area contributed by atoms with Gasteiger partial charge in [0, 0.05) is 4.47 Å². The lowest BCUT2D eigenvalue weighted by Crippen LogP contribution is -2.21. The van der Waals surface area contributed by atoms with E-state index in [1.165, 1.54) is 0 Å². The Balaban J connectivity index is 2.24. The van der Waals surface area contributed by atoms with Crippen LogP contribution in [0.15, 0.2) is 22.7 Å². The predicted molar refractivity (Wildman–Crippen MR) is 73.4 cm³/mol. The molecule has 0 unspecified atom stereocenters. The molecule has 2 N–H and O–H groups in total. The first-order valence-corrected chi connectivity index (χ1v) is 7.93. The number of rotatable bonds is 7. The van der Waals surface area contributed by atoms with Crippen LogP contribution >= 0.6 is 27.5 Å². The van der Waals surface area contributed by atoms with Crippen molar-refractivity contribution in [2.45, 2.75) is 0 Å². The number of halogens is 2. The minimum Gasteiger partial charge on any atom is -0.490 e. The second-order valence-corrected chi connectivity index (χ2v) is 6.46. The molecule has 0 aliphatic carbocycles. The quantitative estimate of drug-likeness (QED) is 0.754. The van der Waals surface area contributed by atoms with E-state index in [1.54, 1.807) is 18.2 Å². The lowest BCUT2D eigenvalue weighted by molar-refractivity contribution is 0.111. The van der Waals surface area contributed by atoms with E-state index in [-0.39, 0.29) is 25.6 Å². The normalized spacial score (nSPS) is 11.5. The zero-order chi connectivity index (χ0) is 13.6. The molecule has 0 saturated carbocycles. The number of nitrogens with two attached hydrogens (primary N) is 1. The molecule has 0 heterocycles. The van der Waals surface area contributed by atoms with Gasteiger partial charge in [-0.25, -0.2) is 13.6 Å². The van der Waals surface area contributed by atoms with E-state index in [1.807, 2.05) is 0 Å². The topological polar surface area (TPSA) is 78.6 Å². The van der Waals surface area contributed by atoms with Crippen molar-refractivity contribution in [2.75, 3.05) is 25.6 Å². The standard InChI is InChI=1S/C10H13BrClNO4S/c11-8-1-2-9(12)10(7-8)17-4-3-16-5-6-18(13,14)15/h1-2,7H,3-6H2,(H2,13,14,15). The van der Waals surface area contributed by atoms with Crippen molar-refractivity contribution in [3.8, 4) is 5.75 Å². The smallest absolute Gasteiger partial charge is 0.211 e. The molecule has 5 nitrogen and oxygen atoms in total. The van der Waals surface area contributed by atoms with Crippen LogP contribution in [-0.4, -0.2) is 34.0 Å². The van der Waals surface area contributed by atoms with Crippen LogP contribution in [0, 0.1) is 0 Å². The monoisotopic (exact) mass is 357 g/mol. The molecule has 1 aromatic rings. The van der Waals surface area contributed by atoms with Crippen LogP contribution in [0.5, 0.6) is 5.75 Å². The Morgan fingerprint density at radius 3 is 2.67 bits per heavy atom. The molecule has 0 fully saturated rings. The highest BCUT2D eigenvalue weighted by Gasteiger charge is 2.03. The average Bonchev–Trinajstić information content (AvgIpc) is 2.26. The van der Waals surface area contributed by atoms with Gasteiger partial charge >= 0.3 is 0 Å². The Labute approximate surface area is 119 Å². The van der Waals surface area contributed by atoms with E-state index in [4.69, 9.17) is 26.2 Å². The third kappa shape index (κ3) is 6.55. The molecule has 0 spiro atoms. The Hall–Kier alpha value is -0.340. The zero-order valence-electron chi connectivity index (χ0n) is 9.43. The van der Waals surface area contributed by atoms with Crippen LogP contribution in [0.2, 0.25) is 5.02 Å². The van der Waals surface area contributed by atoms with Crippen LogP contribution in [0.4, 0.5) is 0 Å². The number of primary sulfonamides is 1. The third-order valence-corrected chi connectivity index (χ3v) is 3.43. The van der Waals surface area contributed by atoms with E-state index >= 15 is 0 Å². The maximum Gasteiger partial charge on any atom is 0.211 e. The molecule has 18 heavy (non-hydrogen) atoms. The molecular formula is C10H13BrClNO4S. The summed E-state index contributed by atoms with van der Waals surface area (Å²) in [7, 11) is -3.47. The maximum absolute atomic E-state index is 10.6. The summed E-state index contributed by atoms with van der Waals surface area (Å²) in [6.07, 6.45) is 0. The highest BCUT2D eigenvalue weighted by Crippen LogP contribution is 2.27. The lowest BCUT2D eigenvalue weighted by Gasteiger charge is -2.08. The fourth-order valence-electron chi connectivity index (χ4n) is 1.08. The van der Waals surface area contributed by atoms with Gasteiger partial charge in [-0.15, -0.1) is 0 Å². The number of benzene rings is 1. The van der Waals surface area contributed by atoms with Gasteiger partial charge in [-0.3, -0.25) is 0 Å². The summed E-state index contributed by atoms with van der Waals surface area (Å²) in [5.41, 5.74) is 0. The molecule has 0 atom stereocenters. The fraction of sp³-hybridized carbons (Fsp3) is 0.400. The number of sulfonamides is 1. The Morgan fingerprint density at radius 1 is 1.28 bits per heavy atom. The molecule has 102 valence electrons. The molecule has 0 aliphatic rings. The summed E-state index contributed by atoms with van der Waals surface area (Å²) in [4.78, 5) is 0. The minimum atomic E-state index is -3.47. The van der Waals surface area contributed by atoms with Crippen molar-refractivity contribution in [1.29, 1.82) is 0 Å². The van der Waals surface area contributed by atoms with Gasteiger partial charge in [0.15, 0.2) is 0 Å². The third-order valence-electron chi connectivity index (χ3n) is 1.89. The summed E-state index contributed by atoms with van der Waals surface area (Å²) >= 11 is 9.22. The SMILES string of the molecule is NS(=O)(=O)CCOCCOc1cc(Br)ccc1Cl.